The van der Waals surface area contributed by atoms with Crippen molar-refractivity contribution in [2.24, 2.45) is 0 Å². The lowest BCUT2D eigenvalue weighted by molar-refractivity contribution is -0.00519. The zero-order valence-corrected chi connectivity index (χ0v) is 17.7. The molecule has 0 spiro atoms. The predicted octanol–water partition coefficient (Wildman–Crippen LogP) is 2.88. The second kappa shape index (κ2) is 8.33. The first-order valence-electron chi connectivity index (χ1n) is 10.1. The van der Waals surface area contributed by atoms with Crippen molar-refractivity contribution in [1.29, 1.82) is 0 Å². The Labute approximate surface area is 171 Å². The van der Waals surface area contributed by atoms with E-state index in [0.29, 0.717) is 25.6 Å². The van der Waals surface area contributed by atoms with E-state index in [1.807, 2.05) is 32.0 Å². The molecule has 1 saturated heterocycles. The molecule has 156 valence electrons. The fourth-order valence-corrected chi connectivity index (χ4v) is 6.04. The zero-order chi connectivity index (χ0) is 20.4. The van der Waals surface area contributed by atoms with Crippen LogP contribution < -0.4 is 5.32 Å². The van der Waals surface area contributed by atoms with Crippen molar-refractivity contribution < 1.29 is 13.2 Å². The van der Waals surface area contributed by atoms with E-state index in [2.05, 4.69) is 20.3 Å². The van der Waals surface area contributed by atoms with E-state index < -0.39 is 10.0 Å². The second-order valence-electron chi connectivity index (χ2n) is 7.74. The van der Waals surface area contributed by atoms with E-state index in [-0.39, 0.29) is 11.4 Å². The minimum absolute atomic E-state index is 0.237. The topological polar surface area (TPSA) is 97.3 Å². The first-order valence-corrected chi connectivity index (χ1v) is 11.6. The van der Waals surface area contributed by atoms with Gasteiger partial charge < -0.3 is 10.1 Å². The van der Waals surface area contributed by atoms with Gasteiger partial charge in [-0.2, -0.15) is 4.31 Å². The van der Waals surface area contributed by atoms with Crippen LogP contribution in [0.25, 0.3) is 0 Å². The summed E-state index contributed by atoms with van der Waals surface area (Å²) in [6, 6.07) is 5.66. The minimum atomic E-state index is -3.26. The average Bonchev–Trinajstić information content (AvgIpc) is 3.24. The van der Waals surface area contributed by atoms with E-state index in [1.165, 1.54) is 0 Å². The van der Waals surface area contributed by atoms with Crippen molar-refractivity contribution >= 4 is 21.7 Å². The van der Waals surface area contributed by atoms with Gasteiger partial charge in [-0.15, -0.1) is 0 Å². The highest BCUT2D eigenvalue weighted by atomic mass is 32.2. The van der Waals surface area contributed by atoms with Crippen LogP contribution in [0.4, 0.5) is 11.6 Å². The van der Waals surface area contributed by atoms with Crippen LogP contribution in [0.2, 0.25) is 0 Å². The van der Waals surface area contributed by atoms with Crippen LogP contribution in [-0.4, -0.2) is 52.6 Å². The molecule has 1 aliphatic carbocycles. The summed E-state index contributed by atoms with van der Waals surface area (Å²) in [6.45, 7) is 4.96. The molecule has 29 heavy (non-hydrogen) atoms. The van der Waals surface area contributed by atoms with Crippen LogP contribution in [0.3, 0.4) is 0 Å². The normalized spacial score (nSPS) is 21.4. The highest BCUT2D eigenvalue weighted by Gasteiger charge is 2.37. The number of anilines is 2. The third-order valence-electron chi connectivity index (χ3n) is 5.47. The Kier molecular flexibility index (Phi) is 5.80. The molecule has 1 atom stereocenters. The number of nitrogens with one attached hydrogen (secondary N) is 1. The van der Waals surface area contributed by atoms with Gasteiger partial charge in [-0.1, -0.05) is 12.8 Å². The van der Waals surface area contributed by atoms with Crippen molar-refractivity contribution in [2.75, 3.05) is 25.0 Å². The highest BCUT2D eigenvalue weighted by Crippen LogP contribution is 2.30. The van der Waals surface area contributed by atoms with Gasteiger partial charge in [0.15, 0.2) is 0 Å². The molecule has 0 radical (unpaired) electrons. The largest absolute Gasteiger partial charge is 0.369 e. The Bertz CT molecular complexity index is 938. The van der Waals surface area contributed by atoms with Gasteiger partial charge in [-0.3, -0.25) is 4.98 Å². The molecule has 3 heterocycles. The second-order valence-corrected chi connectivity index (χ2v) is 9.95. The highest BCUT2D eigenvalue weighted by molar-refractivity contribution is 7.89. The van der Waals surface area contributed by atoms with Crippen LogP contribution in [0.5, 0.6) is 0 Å². The van der Waals surface area contributed by atoms with Gasteiger partial charge in [0.25, 0.3) is 0 Å². The molecule has 9 heteroatoms. The van der Waals surface area contributed by atoms with Crippen molar-refractivity contribution in [2.45, 2.75) is 50.9 Å². The molecule has 0 amide bonds. The van der Waals surface area contributed by atoms with E-state index >= 15 is 0 Å². The number of hydrogen-bond donors (Lipinski definition) is 1. The standard InChI is InChI=1S/C20H27N5O3S/c1-14-11-15(2)23-20(22-14)24-16-7-8-18(21-12-16)19-13-25(9-10-28-19)29(26,27)17-5-3-4-6-17/h7-8,11-12,17,19H,3-6,9-10,13H2,1-2H3,(H,22,23,24). The van der Waals surface area contributed by atoms with Crippen LogP contribution in [-0.2, 0) is 14.8 Å². The van der Waals surface area contributed by atoms with Gasteiger partial charge >= 0.3 is 0 Å². The molecule has 2 fully saturated rings. The monoisotopic (exact) mass is 417 g/mol. The predicted molar refractivity (Wildman–Crippen MR) is 110 cm³/mol. The SMILES string of the molecule is Cc1cc(C)nc(Nc2ccc(C3CN(S(=O)(=O)C4CCCC4)CCO3)nc2)n1. The molecular formula is C20H27N5O3S. The zero-order valence-electron chi connectivity index (χ0n) is 16.8. The summed E-state index contributed by atoms with van der Waals surface area (Å²) in [6.07, 6.45) is 4.87. The molecule has 2 aliphatic rings. The average molecular weight is 418 g/mol. The lowest BCUT2D eigenvalue weighted by Gasteiger charge is -2.33. The summed E-state index contributed by atoms with van der Waals surface area (Å²) in [5, 5.41) is 2.92. The Morgan fingerprint density at radius 2 is 1.86 bits per heavy atom. The number of pyridine rings is 1. The van der Waals surface area contributed by atoms with Crippen molar-refractivity contribution in [3.05, 3.63) is 41.5 Å². The number of aromatic nitrogens is 3. The third kappa shape index (κ3) is 4.57. The van der Waals surface area contributed by atoms with Gasteiger partial charge in [0.2, 0.25) is 16.0 Å². The number of nitrogens with zero attached hydrogens (tertiary/aromatic N) is 4. The van der Waals surface area contributed by atoms with Gasteiger partial charge in [0.05, 0.1) is 29.4 Å². The molecule has 2 aromatic rings. The molecule has 8 nitrogen and oxygen atoms in total. The molecule has 1 aliphatic heterocycles. The minimum Gasteiger partial charge on any atom is -0.369 e. The lowest BCUT2D eigenvalue weighted by atomic mass is 10.2. The van der Waals surface area contributed by atoms with E-state index in [4.69, 9.17) is 4.74 Å². The number of ether oxygens (including phenoxy) is 1. The van der Waals surface area contributed by atoms with Gasteiger partial charge in [-0.05, 0) is 44.9 Å². The van der Waals surface area contributed by atoms with Crippen LogP contribution in [0.15, 0.2) is 24.4 Å². The molecule has 2 aromatic heterocycles. The summed E-state index contributed by atoms with van der Waals surface area (Å²) >= 11 is 0. The molecule has 1 N–H and O–H groups in total. The summed E-state index contributed by atoms with van der Waals surface area (Å²) in [5.41, 5.74) is 3.28. The Balaban J connectivity index is 1.44. The molecular weight excluding hydrogens is 390 g/mol. The lowest BCUT2D eigenvalue weighted by Crippen LogP contribution is -2.45. The quantitative estimate of drug-likeness (QED) is 0.799. The summed E-state index contributed by atoms with van der Waals surface area (Å²) in [7, 11) is -3.26. The van der Waals surface area contributed by atoms with E-state index in [0.717, 1.165) is 48.5 Å². The summed E-state index contributed by atoms with van der Waals surface area (Å²) in [4.78, 5) is 13.2. The number of rotatable bonds is 5. The first kappa shape index (κ1) is 20.2. The Morgan fingerprint density at radius 1 is 1.14 bits per heavy atom. The molecule has 0 aromatic carbocycles. The van der Waals surface area contributed by atoms with Crippen molar-refractivity contribution in [3.8, 4) is 0 Å². The first-order chi connectivity index (χ1) is 13.9. The maximum absolute atomic E-state index is 12.9. The van der Waals surface area contributed by atoms with Gasteiger partial charge in [-0.25, -0.2) is 18.4 Å². The Morgan fingerprint density at radius 3 is 2.52 bits per heavy atom. The fraction of sp³-hybridized carbons (Fsp3) is 0.550. The summed E-state index contributed by atoms with van der Waals surface area (Å²) in [5.74, 6) is 0.528. The molecule has 1 saturated carbocycles. The molecule has 1 unspecified atom stereocenters. The van der Waals surface area contributed by atoms with Gasteiger partial charge in [0.1, 0.15) is 6.10 Å². The van der Waals surface area contributed by atoms with Gasteiger partial charge in [0, 0.05) is 24.5 Å². The third-order valence-corrected chi connectivity index (χ3v) is 7.83. The molecule has 0 bridgehead atoms. The maximum atomic E-state index is 12.9. The molecule has 4 rings (SSSR count). The number of aryl methyl sites for hydroxylation is 2. The maximum Gasteiger partial charge on any atom is 0.227 e. The van der Waals surface area contributed by atoms with Crippen LogP contribution in [0.1, 0.15) is 48.9 Å². The van der Waals surface area contributed by atoms with Crippen molar-refractivity contribution in [1.82, 2.24) is 19.3 Å². The number of morpholine rings is 1. The van der Waals surface area contributed by atoms with Crippen LogP contribution >= 0.6 is 0 Å². The number of hydrogen-bond acceptors (Lipinski definition) is 7. The summed E-state index contributed by atoms with van der Waals surface area (Å²) < 4.78 is 33.2. The fourth-order valence-electron chi connectivity index (χ4n) is 4.01. The van der Waals surface area contributed by atoms with E-state index in [9.17, 15) is 8.42 Å². The number of sulfonamides is 1. The smallest absolute Gasteiger partial charge is 0.227 e. The van der Waals surface area contributed by atoms with E-state index in [1.54, 1.807) is 10.5 Å². The Hall–Kier alpha value is -2.10. The van der Waals surface area contributed by atoms with Crippen LogP contribution in [0, 0.1) is 13.8 Å². The van der Waals surface area contributed by atoms with Crippen molar-refractivity contribution in [3.63, 3.8) is 0 Å².